The van der Waals surface area contributed by atoms with E-state index in [0.717, 1.165) is 44.2 Å². The normalized spacial score (nSPS) is 16.1. The van der Waals surface area contributed by atoms with Crippen molar-refractivity contribution >= 4 is 15.9 Å². The van der Waals surface area contributed by atoms with Gasteiger partial charge >= 0.3 is 0 Å². The summed E-state index contributed by atoms with van der Waals surface area (Å²) in [4.78, 5) is 12.1. The molecule has 5 nitrogen and oxygen atoms in total. The van der Waals surface area contributed by atoms with Gasteiger partial charge in [0.2, 0.25) is 15.9 Å². The number of amides is 1. The lowest BCUT2D eigenvalue weighted by atomic mass is 9.95. The van der Waals surface area contributed by atoms with E-state index in [0.29, 0.717) is 0 Å². The van der Waals surface area contributed by atoms with Crippen molar-refractivity contribution in [1.29, 1.82) is 0 Å². The molecule has 0 saturated heterocycles. The molecule has 0 radical (unpaired) electrons. The number of carbonyl (C=O) groups excluding carboxylic acids is 1. The molecule has 1 aliphatic carbocycles. The molecule has 1 aliphatic rings. The van der Waals surface area contributed by atoms with E-state index in [1.807, 2.05) is 0 Å². The standard InChI is InChI=1S/C17H23FN2O3S/c1-2-12-19-17(21)13-20(15-6-4-3-5-7-15)24(22,23)16-10-8-14(18)9-11-16/h2,8-11,15H,1,3-7,12-13H2,(H,19,21). The summed E-state index contributed by atoms with van der Waals surface area (Å²) in [6.45, 7) is 3.57. The van der Waals surface area contributed by atoms with Gasteiger partial charge in [-0.1, -0.05) is 25.3 Å². The van der Waals surface area contributed by atoms with Crippen LogP contribution in [0.2, 0.25) is 0 Å². The smallest absolute Gasteiger partial charge is 0.243 e. The molecule has 0 spiro atoms. The maximum atomic E-state index is 13.1. The minimum Gasteiger partial charge on any atom is -0.351 e. The third kappa shape index (κ3) is 4.64. The highest BCUT2D eigenvalue weighted by molar-refractivity contribution is 7.89. The molecular weight excluding hydrogens is 331 g/mol. The second kappa shape index (κ2) is 8.39. The average Bonchev–Trinajstić information content (AvgIpc) is 2.59. The molecule has 1 aromatic rings. The molecule has 2 rings (SSSR count). The fourth-order valence-electron chi connectivity index (χ4n) is 2.90. The van der Waals surface area contributed by atoms with Crippen LogP contribution >= 0.6 is 0 Å². The maximum absolute atomic E-state index is 13.1. The van der Waals surface area contributed by atoms with E-state index in [9.17, 15) is 17.6 Å². The Morgan fingerprint density at radius 2 is 1.88 bits per heavy atom. The van der Waals surface area contributed by atoms with Crippen LogP contribution in [0.5, 0.6) is 0 Å². The van der Waals surface area contributed by atoms with Gasteiger partial charge in [0, 0.05) is 12.6 Å². The summed E-state index contributed by atoms with van der Waals surface area (Å²) in [5.41, 5.74) is 0. The Morgan fingerprint density at radius 1 is 1.25 bits per heavy atom. The van der Waals surface area contributed by atoms with Crippen LogP contribution in [0.1, 0.15) is 32.1 Å². The summed E-state index contributed by atoms with van der Waals surface area (Å²) in [6, 6.07) is 4.50. The highest BCUT2D eigenvalue weighted by Crippen LogP contribution is 2.27. The second-order valence-corrected chi connectivity index (χ2v) is 7.78. The van der Waals surface area contributed by atoms with Crippen molar-refractivity contribution in [3.63, 3.8) is 0 Å². The van der Waals surface area contributed by atoms with Gasteiger partial charge < -0.3 is 5.32 Å². The van der Waals surface area contributed by atoms with Crippen molar-refractivity contribution in [1.82, 2.24) is 9.62 Å². The van der Waals surface area contributed by atoms with Gasteiger partial charge in [0.05, 0.1) is 11.4 Å². The summed E-state index contributed by atoms with van der Waals surface area (Å²) in [6.07, 6.45) is 5.95. The van der Waals surface area contributed by atoms with Crippen molar-refractivity contribution in [2.24, 2.45) is 0 Å². The maximum Gasteiger partial charge on any atom is 0.243 e. The zero-order chi connectivity index (χ0) is 17.6. The molecular formula is C17H23FN2O3S. The van der Waals surface area contributed by atoms with Gasteiger partial charge in [0.25, 0.3) is 0 Å². The van der Waals surface area contributed by atoms with E-state index in [2.05, 4.69) is 11.9 Å². The van der Waals surface area contributed by atoms with Gasteiger partial charge in [-0.15, -0.1) is 6.58 Å². The van der Waals surface area contributed by atoms with E-state index in [-0.39, 0.29) is 29.9 Å². The van der Waals surface area contributed by atoms with Crippen LogP contribution in [-0.2, 0) is 14.8 Å². The fourth-order valence-corrected chi connectivity index (χ4v) is 4.55. The molecule has 0 unspecified atom stereocenters. The largest absolute Gasteiger partial charge is 0.351 e. The van der Waals surface area contributed by atoms with Crippen molar-refractivity contribution in [2.75, 3.05) is 13.1 Å². The van der Waals surface area contributed by atoms with E-state index in [1.165, 1.54) is 22.5 Å². The minimum atomic E-state index is -3.86. The number of nitrogens with one attached hydrogen (secondary N) is 1. The monoisotopic (exact) mass is 354 g/mol. The van der Waals surface area contributed by atoms with Crippen molar-refractivity contribution < 1.29 is 17.6 Å². The van der Waals surface area contributed by atoms with Crippen molar-refractivity contribution in [3.8, 4) is 0 Å². The van der Waals surface area contributed by atoms with Crippen LogP contribution in [0.25, 0.3) is 0 Å². The summed E-state index contributed by atoms with van der Waals surface area (Å²) < 4.78 is 40.3. The summed E-state index contributed by atoms with van der Waals surface area (Å²) >= 11 is 0. The number of sulfonamides is 1. The molecule has 1 aromatic carbocycles. The van der Waals surface area contributed by atoms with E-state index < -0.39 is 15.8 Å². The molecule has 0 aromatic heterocycles. The predicted molar refractivity (Wildman–Crippen MR) is 90.4 cm³/mol. The number of benzene rings is 1. The van der Waals surface area contributed by atoms with E-state index in [4.69, 9.17) is 0 Å². The Kier molecular flexibility index (Phi) is 6.51. The summed E-state index contributed by atoms with van der Waals surface area (Å²) in [5.74, 6) is -0.868. The van der Waals surface area contributed by atoms with Crippen LogP contribution in [0.15, 0.2) is 41.8 Å². The van der Waals surface area contributed by atoms with Crippen LogP contribution < -0.4 is 5.32 Å². The predicted octanol–water partition coefficient (Wildman–Crippen LogP) is 2.45. The fraction of sp³-hybridized carbons (Fsp3) is 0.471. The number of carbonyl (C=O) groups is 1. The Hall–Kier alpha value is -1.73. The first-order valence-electron chi connectivity index (χ1n) is 8.10. The number of halogens is 1. The molecule has 1 amide bonds. The van der Waals surface area contributed by atoms with Crippen LogP contribution in [0.3, 0.4) is 0 Å². The highest BCUT2D eigenvalue weighted by Gasteiger charge is 2.33. The quantitative estimate of drug-likeness (QED) is 0.765. The molecule has 0 heterocycles. The molecule has 132 valence electrons. The third-order valence-corrected chi connectivity index (χ3v) is 6.06. The zero-order valence-corrected chi connectivity index (χ0v) is 14.4. The van der Waals surface area contributed by atoms with Gasteiger partial charge in [-0.05, 0) is 37.1 Å². The van der Waals surface area contributed by atoms with Crippen LogP contribution in [-0.4, -0.2) is 37.8 Å². The molecule has 0 aliphatic heterocycles. The summed E-state index contributed by atoms with van der Waals surface area (Å²) in [5, 5.41) is 2.61. The lowest BCUT2D eigenvalue weighted by Gasteiger charge is -2.33. The molecule has 1 saturated carbocycles. The first-order valence-corrected chi connectivity index (χ1v) is 9.54. The van der Waals surface area contributed by atoms with Gasteiger partial charge in [-0.2, -0.15) is 4.31 Å². The Morgan fingerprint density at radius 3 is 2.46 bits per heavy atom. The van der Waals surface area contributed by atoms with Crippen molar-refractivity contribution in [3.05, 3.63) is 42.7 Å². The Bertz CT molecular complexity index is 668. The third-order valence-electron chi connectivity index (χ3n) is 4.15. The van der Waals surface area contributed by atoms with Gasteiger partial charge in [0.15, 0.2) is 0 Å². The highest BCUT2D eigenvalue weighted by atomic mass is 32.2. The topological polar surface area (TPSA) is 66.5 Å². The van der Waals surface area contributed by atoms with Crippen LogP contribution in [0, 0.1) is 5.82 Å². The lowest BCUT2D eigenvalue weighted by molar-refractivity contribution is -0.121. The molecule has 0 atom stereocenters. The average molecular weight is 354 g/mol. The number of hydrogen-bond donors (Lipinski definition) is 1. The zero-order valence-electron chi connectivity index (χ0n) is 13.6. The second-order valence-electron chi connectivity index (χ2n) is 5.89. The van der Waals surface area contributed by atoms with Gasteiger partial charge in [-0.3, -0.25) is 4.79 Å². The lowest BCUT2D eigenvalue weighted by Crippen LogP contribution is -2.47. The van der Waals surface area contributed by atoms with Gasteiger partial charge in [0.1, 0.15) is 5.82 Å². The first kappa shape index (κ1) is 18.6. The van der Waals surface area contributed by atoms with E-state index >= 15 is 0 Å². The molecule has 0 bridgehead atoms. The Balaban J connectivity index is 2.27. The number of rotatable bonds is 7. The molecule has 1 N–H and O–H groups in total. The molecule has 24 heavy (non-hydrogen) atoms. The number of hydrogen-bond acceptors (Lipinski definition) is 3. The Labute approximate surface area is 142 Å². The van der Waals surface area contributed by atoms with E-state index in [1.54, 1.807) is 0 Å². The first-order chi connectivity index (χ1) is 11.4. The number of nitrogens with zero attached hydrogens (tertiary/aromatic N) is 1. The SMILES string of the molecule is C=CCNC(=O)CN(C1CCCCC1)S(=O)(=O)c1ccc(F)cc1. The van der Waals surface area contributed by atoms with Crippen LogP contribution in [0.4, 0.5) is 4.39 Å². The molecule has 7 heteroatoms. The minimum absolute atomic E-state index is 0.00555. The summed E-state index contributed by atoms with van der Waals surface area (Å²) in [7, 11) is -3.86. The van der Waals surface area contributed by atoms with Gasteiger partial charge in [-0.25, -0.2) is 12.8 Å². The molecule has 1 fully saturated rings. The van der Waals surface area contributed by atoms with Crippen molar-refractivity contribution in [2.45, 2.75) is 43.0 Å².